The van der Waals surface area contributed by atoms with Crippen LogP contribution in [0.4, 0.5) is 56.9 Å². The molecule has 1 aliphatic carbocycles. The van der Waals surface area contributed by atoms with E-state index in [9.17, 15) is 9.59 Å². The number of fused-ring (bicyclic) bond motifs is 6. The maximum Gasteiger partial charge on any atom is 0.308 e. The highest BCUT2D eigenvalue weighted by Gasteiger charge is 2.45. The van der Waals surface area contributed by atoms with Crippen molar-refractivity contribution in [2.75, 3.05) is 70.4 Å². The van der Waals surface area contributed by atoms with E-state index in [2.05, 4.69) is 277 Å². The van der Waals surface area contributed by atoms with Crippen LogP contribution < -0.4 is 34.9 Å². The number of aryl methyl sites for hydroxylation is 4. The predicted octanol–water partition coefficient (Wildman–Crippen LogP) is 25.8. The third kappa shape index (κ3) is 27.6. The summed E-state index contributed by atoms with van der Waals surface area (Å²) in [4.78, 5) is 81.0. The van der Waals surface area contributed by atoms with Crippen molar-refractivity contribution >= 4 is 87.3 Å². The van der Waals surface area contributed by atoms with Gasteiger partial charge in [-0.3, -0.25) is 64.4 Å². The van der Waals surface area contributed by atoms with E-state index in [0.717, 1.165) is 101 Å². The van der Waals surface area contributed by atoms with Gasteiger partial charge < -0.3 is 34.0 Å². The Morgan fingerprint density at radius 1 is 0.295 bits per heavy atom. The van der Waals surface area contributed by atoms with Gasteiger partial charge in [0.05, 0.1) is 36.9 Å². The first kappa shape index (κ1) is 101. The summed E-state index contributed by atoms with van der Waals surface area (Å²) in [7, 11) is -2.01. The van der Waals surface area contributed by atoms with Gasteiger partial charge in [0, 0.05) is 219 Å². The number of anilines is 10. The molecule has 12 heterocycles. The SMILES string of the molecule is CCC(C)C(=O)OCCN(c1ccncc1)c1cccnc1.CCC(C)C(=O)OCCc1ccncc1.Cc1ccc2c(c1)C(CCCCCN(c1ccncc1)c1ccncc1)(CCCCCN(c1ccncc1)c1ccncc1)c1cc(C)ccc1-2.Cc1ccc2c(c1)[Si](CCCCCN(c1ccncc1)c1ccncc1)(CCCCCN(c1ccncc1)c1ccncc1)c1cc(C)ccc1-2. The van der Waals surface area contributed by atoms with E-state index in [1.165, 1.54) is 165 Å². The number of unbranched alkanes of at least 4 members (excludes halogenated alkanes) is 8. The molecule has 0 N–H and O–H groups in total. The first-order chi connectivity index (χ1) is 68.2. The van der Waals surface area contributed by atoms with Crippen LogP contribution in [0.3, 0.4) is 0 Å². The van der Waals surface area contributed by atoms with Gasteiger partial charge in [0.2, 0.25) is 0 Å². The second-order valence-electron chi connectivity index (χ2n) is 36.5. The highest BCUT2D eigenvalue weighted by molar-refractivity contribution is 7.05. The molecular weight excluding hydrogens is 1730 g/mol. The lowest BCUT2D eigenvalue weighted by molar-refractivity contribution is -0.148. The lowest BCUT2D eigenvalue weighted by atomic mass is 9.70. The fraction of sp³-hybridized carbons (Fsp3) is 0.314. The molecule has 4 aromatic carbocycles. The maximum atomic E-state index is 11.8. The number of nitrogens with zero attached hydrogens (tertiary/aromatic N) is 16. The number of rotatable bonds is 44. The number of hydrogen-bond donors (Lipinski definition) is 0. The van der Waals surface area contributed by atoms with E-state index >= 15 is 0 Å². The minimum absolute atomic E-state index is 0.00226. The Labute approximate surface area is 824 Å². The van der Waals surface area contributed by atoms with Gasteiger partial charge in [0.1, 0.15) is 14.7 Å². The molecule has 0 bridgehead atoms. The van der Waals surface area contributed by atoms with Crippen LogP contribution in [-0.2, 0) is 30.9 Å². The van der Waals surface area contributed by atoms with Crippen molar-refractivity contribution in [2.24, 2.45) is 11.8 Å². The summed E-state index contributed by atoms with van der Waals surface area (Å²) in [5.41, 5.74) is 26.9. The first-order valence-corrected chi connectivity index (χ1v) is 52.2. The number of ether oxygens (including phenoxy) is 2. The summed E-state index contributed by atoms with van der Waals surface area (Å²) in [5.74, 6) is -0.315. The van der Waals surface area contributed by atoms with Gasteiger partial charge in [-0.1, -0.05) is 174 Å². The topological polar surface area (TPSA) is 211 Å². The van der Waals surface area contributed by atoms with Crippen molar-refractivity contribution < 1.29 is 19.1 Å². The van der Waals surface area contributed by atoms with Crippen LogP contribution in [0.5, 0.6) is 0 Å². The largest absolute Gasteiger partial charge is 0.465 e. The number of benzene rings is 4. The average molecular weight is 1870 g/mol. The Balaban J connectivity index is 0.000000163. The van der Waals surface area contributed by atoms with Crippen molar-refractivity contribution in [3.63, 3.8) is 0 Å². The Kier molecular flexibility index (Phi) is 37.9. The molecule has 139 heavy (non-hydrogen) atoms. The molecule has 1 aliphatic heterocycles. The summed E-state index contributed by atoms with van der Waals surface area (Å²) < 4.78 is 10.5. The third-order valence-electron chi connectivity index (χ3n) is 27.0. The molecule has 21 heteroatoms. The van der Waals surface area contributed by atoms with Crippen LogP contribution in [0, 0.1) is 39.5 Å². The molecule has 0 saturated carbocycles. The van der Waals surface area contributed by atoms with Gasteiger partial charge in [-0.05, 0) is 274 Å². The Morgan fingerprint density at radius 2 is 0.576 bits per heavy atom. The van der Waals surface area contributed by atoms with E-state index in [1.807, 2.05) is 163 Å². The summed E-state index contributed by atoms with van der Waals surface area (Å²) in [6, 6.07) is 76.6. The highest BCUT2D eigenvalue weighted by Crippen LogP contribution is 2.55. The quantitative estimate of drug-likeness (QED) is 0.0197. The molecule has 20 nitrogen and oxygen atoms in total. The number of aromatic nitrogens is 11. The van der Waals surface area contributed by atoms with Gasteiger partial charge in [-0.25, -0.2) is 0 Å². The summed E-state index contributed by atoms with van der Waals surface area (Å²) >= 11 is 0. The van der Waals surface area contributed by atoms with Gasteiger partial charge in [-0.2, -0.15) is 0 Å². The summed E-state index contributed by atoms with van der Waals surface area (Å²) in [6.45, 7) is 22.0. The maximum absolute atomic E-state index is 11.8. The van der Waals surface area contributed by atoms with Crippen LogP contribution in [-0.4, -0.2) is 121 Å². The van der Waals surface area contributed by atoms with E-state index < -0.39 is 8.07 Å². The number of carbonyl (C=O) groups excluding carboxylic acids is 2. The molecule has 0 saturated heterocycles. The zero-order valence-electron chi connectivity index (χ0n) is 82.2. The molecule has 17 rings (SSSR count). The van der Waals surface area contributed by atoms with E-state index in [4.69, 9.17) is 9.47 Å². The van der Waals surface area contributed by atoms with Gasteiger partial charge >= 0.3 is 11.9 Å². The summed E-state index contributed by atoms with van der Waals surface area (Å²) in [5, 5.41) is 3.35. The lowest BCUT2D eigenvalue weighted by Gasteiger charge is -2.33. The highest BCUT2D eigenvalue weighted by atomic mass is 28.3. The zero-order valence-corrected chi connectivity index (χ0v) is 83.2. The van der Waals surface area contributed by atoms with Crippen LogP contribution in [0.15, 0.2) is 343 Å². The van der Waals surface area contributed by atoms with Crippen molar-refractivity contribution in [2.45, 2.75) is 182 Å². The lowest BCUT2D eigenvalue weighted by Crippen LogP contribution is -2.55. The standard InChI is InChI=1S/C45H48N6.C44H48N6Si.C17H21N3O2.C12H17NO2/c1-35-9-11-41-42-12-10-36(2)34-44(42)45(43(41)33-35,21-5-3-7-31-50(37-13-23-46-24-14-37)38-15-25-47-26-16-38)22-6-4-8-32-51(39-17-27-48-28-18-39)40-19-29-49-30-20-40;1-35-9-11-41-42-12-10-36(2)34-44(42)51(43(41)33-35,31-7-3-5-29-49(37-13-21-45-22-14-37)38-15-23-46-24-16-38)32-8-4-6-30-50(39-17-25-47-26-18-39)40-19-27-48-28-20-40;1-3-14(2)17(21)22-12-11-20(15-6-9-18-10-7-15)16-5-4-8-19-13-16;1-3-10(2)12(14)15-9-6-11-4-7-13-8-5-11/h9-20,23-30,33-34H,3-8,21-22,31-32H2,1-2H3;9-28,33-34H,3-8,29-32H2,1-2H3;4-10,13-14H,3,11-12H2,1-2H3;4-5,7-8,10H,3,6,9H2,1-2H3. The molecule has 11 aromatic heterocycles. The normalized spacial score (nSPS) is 12.5. The van der Waals surface area contributed by atoms with Gasteiger partial charge in [0.25, 0.3) is 0 Å². The fourth-order valence-electron chi connectivity index (χ4n) is 19.2. The molecule has 15 aromatic rings. The third-order valence-corrected chi connectivity index (χ3v) is 32.3. The number of pyridine rings is 11. The Hall–Kier alpha value is -14.3. The minimum Gasteiger partial charge on any atom is -0.465 e. The monoisotopic (exact) mass is 1870 g/mol. The number of esters is 2. The predicted molar refractivity (Wildman–Crippen MR) is 569 cm³/mol. The Morgan fingerprint density at radius 3 is 0.878 bits per heavy atom. The van der Waals surface area contributed by atoms with Gasteiger partial charge in [0.15, 0.2) is 0 Å². The fourth-order valence-corrected chi connectivity index (χ4v) is 25.0. The molecule has 0 amide bonds. The minimum atomic E-state index is -2.01. The molecule has 0 spiro atoms. The summed E-state index contributed by atoms with van der Waals surface area (Å²) in [6.07, 6.45) is 59.3. The zero-order chi connectivity index (χ0) is 96.7. The van der Waals surface area contributed by atoms with Crippen LogP contribution in [0.2, 0.25) is 12.1 Å². The molecule has 2 unspecified atom stereocenters. The second-order valence-corrected chi connectivity index (χ2v) is 40.7. The molecule has 0 fully saturated rings. The van der Waals surface area contributed by atoms with E-state index in [0.29, 0.717) is 19.8 Å². The molecular formula is C118H134N16O4Si. The van der Waals surface area contributed by atoms with Crippen molar-refractivity contribution in [3.8, 4) is 22.3 Å². The van der Waals surface area contributed by atoms with Crippen LogP contribution >= 0.6 is 0 Å². The van der Waals surface area contributed by atoms with Gasteiger partial charge in [-0.15, -0.1) is 0 Å². The number of hydrogen-bond acceptors (Lipinski definition) is 20. The van der Waals surface area contributed by atoms with Crippen molar-refractivity contribution in [1.29, 1.82) is 0 Å². The van der Waals surface area contributed by atoms with Crippen molar-refractivity contribution in [3.05, 3.63) is 382 Å². The van der Waals surface area contributed by atoms with Crippen LogP contribution in [0.1, 0.15) is 169 Å². The van der Waals surface area contributed by atoms with Crippen LogP contribution in [0.25, 0.3) is 22.3 Å². The Bertz CT molecular complexity index is 5400. The van der Waals surface area contributed by atoms with Crippen molar-refractivity contribution in [1.82, 2.24) is 54.8 Å². The van der Waals surface area contributed by atoms with E-state index in [1.54, 1.807) is 47.6 Å². The smallest absolute Gasteiger partial charge is 0.308 e. The molecule has 714 valence electrons. The molecule has 0 radical (unpaired) electrons. The number of carbonyl (C=O) groups is 2. The average Bonchev–Trinajstić information content (AvgIpc) is 1.57. The molecule has 2 aliphatic rings. The molecule has 2 atom stereocenters. The van der Waals surface area contributed by atoms with E-state index in [-0.39, 0.29) is 29.2 Å². The second kappa shape index (κ2) is 52.3. The first-order valence-electron chi connectivity index (χ1n) is 49.8.